The zero-order valence-corrected chi connectivity index (χ0v) is 12.1. The number of carbonyl (C=O) groups is 2. The predicted octanol–water partition coefficient (Wildman–Crippen LogP) is 1.02. The van der Waals surface area contributed by atoms with Gasteiger partial charge in [-0.2, -0.15) is 0 Å². The summed E-state index contributed by atoms with van der Waals surface area (Å²) >= 11 is 0. The molecule has 108 valence electrons. The van der Waals surface area contributed by atoms with Gasteiger partial charge in [-0.15, -0.1) is 0 Å². The molecule has 5 heteroatoms. The van der Waals surface area contributed by atoms with E-state index in [1.165, 1.54) is 0 Å². The minimum absolute atomic E-state index is 0.0594. The van der Waals surface area contributed by atoms with Crippen LogP contribution >= 0.6 is 0 Å². The first-order valence-electron chi connectivity index (χ1n) is 7.23. The zero-order valence-electron chi connectivity index (χ0n) is 12.1. The van der Waals surface area contributed by atoms with E-state index in [1.807, 2.05) is 18.7 Å². The summed E-state index contributed by atoms with van der Waals surface area (Å²) in [7, 11) is 1.66. The largest absolute Gasteiger partial charge is 0.385 e. The summed E-state index contributed by atoms with van der Waals surface area (Å²) in [5.41, 5.74) is 0. The SMILES string of the molecule is CCC1C(=O)N2CCCC2C(=O)N1C(C)CCOC. The molecule has 0 bridgehead atoms. The van der Waals surface area contributed by atoms with E-state index < -0.39 is 0 Å². The van der Waals surface area contributed by atoms with E-state index in [9.17, 15) is 9.59 Å². The number of methoxy groups -OCH3 is 1. The number of amides is 2. The highest BCUT2D eigenvalue weighted by atomic mass is 16.5. The predicted molar refractivity (Wildman–Crippen MR) is 71.6 cm³/mol. The molecular weight excluding hydrogens is 244 g/mol. The summed E-state index contributed by atoms with van der Waals surface area (Å²) in [6.07, 6.45) is 3.22. The van der Waals surface area contributed by atoms with Crippen molar-refractivity contribution in [3.8, 4) is 0 Å². The lowest BCUT2D eigenvalue weighted by Gasteiger charge is -2.45. The monoisotopic (exact) mass is 268 g/mol. The third-order valence-corrected chi connectivity index (χ3v) is 4.30. The fraction of sp³-hybridized carbons (Fsp3) is 0.857. The van der Waals surface area contributed by atoms with Gasteiger partial charge in [-0.25, -0.2) is 0 Å². The lowest BCUT2D eigenvalue weighted by Crippen LogP contribution is -2.64. The van der Waals surface area contributed by atoms with Crippen LogP contribution in [0.1, 0.15) is 39.5 Å². The van der Waals surface area contributed by atoms with Gasteiger partial charge < -0.3 is 14.5 Å². The van der Waals surface area contributed by atoms with Crippen molar-refractivity contribution in [1.82, 2.24) is 9.80 Å². The van der Waals surface area contributed by atoms with Crippen LogP contribution in [-0.4, -0.2) is 60.0 Å². The molecule has 2 aliphatic heterocycles. The summed E-state index contributed by atoms with van der Waals surface area (Å²) in [5, 5.41) is 0. The molecule has 0 saturated carbocycles. The molecule has 3 atom stereocenters. The Bertz CT molecular complexity index is 359. The molecule has 0 aromatic rings. The molecule has 0 N–H and O–H groups in total. The van der Waals surface area contributed by atoms with E-state index >= 15 is 0 Å². The smallest absolute Gasteiger partial charge is 0.246 e. The van der Waals surface area contributed by atoms with E-state index in [2.05, 4.69) is 0 Å². The van der Waals surface area contributed by atoms with Crippen LogP contribution < -0.4 is 0 Å². The standard InChI is InChI=1S/C14H24N2O3/c1-4-11-13(17)15-8-5-6-12(15)14(18)16(11)10(2)7-9-19-3/h10-12H,4-9H2,1-3H3. The Morgan fingerprint density at radius 2 is 2.11 bits per heavy atom. The van der Waals surface area contributed by atoms with E-state index in [0.29, 0.717) is 13.0 Å². The average molecular weight is 268 g/mol. The van der Waals surface area contributed by atoms with Crippen molar-refractivity contribution in [2.24, 2.45) is 0 Å². The molecular formula is C14H24N2O3. The van der Waals surface area contributed by atoms with Gasteiger partial charge in [-0.05, 0) is 32.6 Å². The quantitative estimate of drug-likeness (QED) is 0.748. The Balaban J connectivity index is 2.18. The van der Waals surface area contributed by atoms with Crippen LogP contribution in [0.2, 0.25) is 0 Å². The summed E-state index contributed by atoms with van der Waals surface area (Å²) < 4.78 is 5.09. The van der Waals surface area contributed by atoms with Crippen LogP contribution in [0.15, 0.2) is 0 Å². The van der Waals surface area contributed by atoms with Crippen LogP contribution in [0.5, 0.6) is 0 Å². The van der Waals surface area contributed by atoms with Gasteiger partial charge in [0.1, 0.15) is 12.1 Å². The van der Waals surface area contributed by atoms with Gasteiger partial charge in [0.2, 0.25) is 11.8 Å². The number of hydrogen-bond donors (Lipinski definition) is 0. The molecule has 2 fully saturated rings. The maximum absolute atomic E-state index is 12.6. The van der Waals surface area contributed by atoms with Crippen molar-refractivity contribution in [2.75, 3.05) is 20.3 Å². The van der Waals surface area contributed by atoms with E-state index in [1.54, 1.807) is 12.0 Å². The van der Waals surface area contributed by atoms with E-state index in [0.717, 1.165) is 25.8 Å². The van der Waals surface area contributed by atoms with Gasteiger partial charge in [0.25, 0.3) is 0 Å². The van der Waals surface area contributed by atoms with Crippen molar-refractivity contribution in [3.05, 3.63) is 0 Å². The number of rotatable bonds is 5. The van der Waals surface area contributed by atoms with Crippen molar-refractivity contribution in [2.45, 2.75) is 57.7 Å². The van der Waals surface area contributed by atoms with Crippen molar-refractivity contribution in [3.63, 3.8) is 0 Å². The highest BCUT2D eigenvalue weighted by Gasteiger charge is 2.48. The average Bonchev–Trinajstić information content (AvgIpc) is 2.89. The van der Waals surface area contributed by atoms with Gasteiger partial charge in [0, 0.05) is 26.3 Å². The highest BCUT2D eigenvalue weighted by Crippen LogP contribution is 2.29. The second-order valence-electron chi connectivity index (χ2n) is 5.49. The first-order valence-corrected chi connectivity index (χ1v) is 7.23. The first-order chi connectivity index (χ1) is 9.11. The van der Waals surface area contributed by atoms with Gasteiger partial charge in [0.15, 0.2) is 0 Å². The molecule has 2 rings (SSSR count). The highest BCUT2D eigenvalue weighted by molar-refractivity contribution is 5.97. The summed E-state index contributed by atoms with van der Waals surface area (Å²) in [4.78, 5) is 28.7. The Labute approximate surface area is 114 Å². The number of ether oxygens (including phenoxy) is 1. The number of piperazine rings is 1. The molecule has 19 heavy (non-hydrogen) atoms. The second-order valence-corrected chi connectivity index (χ2v) is 5.49. The molecule has 5 nitrogen and oxygen atoms in total. The minimum atomic E-state index is -0.284. The van der Waals surface area contributed by atoms with Crippen molar-refractivity contribution in [1.29, 1.82) is 0 Å². The Morgan fingerprint density at radius 3 is 2.74 bits per heavy atom. The van der Waals surface area contributed by atoms with E-state index in [4.69, 9.17) is 4.74 Å². The molecule has 2 heterocycles. The Kier molecular flexibility index (Phi) is 4.45. The molecule has 2 saturated heterocycles. The fourth-order valence-corrected chi connectivity index (χ4v) is 3.25. The maximum Gasteiger partial charge on any atom is 0.246 e. The Hall–Kier alpha value is -1.10. The fourth-order valence-electron chi connectivity index (χ4n) is 3.25. The maximum atomic E-state index is 12.6. The minimum Gasteiger partial charge on any atom is -0.385 e. The first kappa shape index (κ1) is 14.3. The number of hydrogen-bond acceptors (Lipinski definition) is 3. The van der Waals surface area contributed by atoms with Crippen LogP contribution in [0.4, 0.5) is 0 Å². The molecule has 2 amide bonds. The lowest BCUT2D eigenvalue weighted by atomic mass is 10.00. The van der Waals surface area contributed by atoms with Crippen LogP contribution in [0.25, 0.3) is 0 Å². The van der Waals surface area contributed by atoms with Gasteiger partial charge >= 0.3 is 0 Å². The topological polar surface area (TPSA) is 49.9 Å². The van der Waals surface area contributed by atoms with Gasteiger partial charge in [-0.3, -0.25) is 9.59 Å². The van der Waals surface area contributed by atoms with Crippen molar-refractivity contribution < 1.29 is 14.3 Å². The third kappa shape index (κ3) is 2.48. The van der Waals surface area contributed by atoms with Crippen LogP contribution in [0, 0.1) is 0 Å². The van der Waals surface area contributed by atoms with Gasteiger partial charge in [0.05, 0.1) is 0 Å². The molecule has 0 radical (unpaired) electrons. The Morgan fingerprint density at radius 1 is 1.37 bits per heavy atom. The number of carbonyl (C=O) groups excluding carboxylic acids is 2. The molecule has 3 unspecified atom stereocenters. The zero-order chi connectivity index (χ0) is 14.0. The molecule has 0 aromatic carbocycles. The number of fused-ring (bicyclic) bond motifs is 1. The summed E-state index contributed by atoms with van der Waals surface area (Å²) in [5.74, 6) is 0.265. The lowest BCUT2D eigenvalue weighted by molar-refractivity contribution is -0.162. The molecule has 2 aliphatic rings. The summed E-state index contributed by atoms with van der Waals surface area (Å²) in [6, 6.07) is -0.432. The van der Waals surface area contributed by atoms with Crippen LogP contribution in [-0.2, 0) is 14.3 Å². The van der Waals surface area contributed by atoms with Crippen LogP contribution in [0.3, 0.4) is 0 Å². The molecule has 0 aliphatic carbocycles. The van der Waals surface area contributed by atoms with E-state index in [-0.39, 0.29) is 29.9 Å². The third-order valence-electron chi connectivity index (χ3n) is 4.30. The summed E-state index contributed by atoms with van der Waals surface area (Å²) in [6.45, 7) is 5.34. The second kappa shape index (κ2) is 5.90. The normalized spacial score (nSPS) is 28.8. The van der Waals surface area contributed by atoms with Gasteiger partial charge in [-0.1, -0.05) is 6.92 Å². The number of nitrogens with zero attached hydrogens (tertiary/aromatic N) is 2. The van der Waals surface area contributed by atoms with Crippen molar-refractivity contribution >= 4 is 11.8 Å². The molecule has 0 spiro atoms. The molecule has 0 aromatic heterocycles.